The molecule has 1 saturated heterocycles. The predicted octanol–water partition coefficient (Wildman–Crippen LogP) is 4.55. The highest BCUT2D eigenvalue weighted by Gasteiger charge is 2.20. The van der Waals surface area contributed by atoms with Gasteiger partial charge in [-0.1, -0.05) is 12.1 Å². The highest BCUT2D eigenvalue weighted by atomic mass is 32.1. The maximum Gasteiger partial charge on any atom is 0.267 e. The molecule has 0 atom stereocenters. The van der Waals surface area contributed by atoms with Gasteiger partial charge in [0.2, 0.25) is 5.91 Å². The number of anilines is 1. The number of nitrogens with zero attached hydrogens (tertiary/aromatic N) is 2. The van der Waals surface area contributed by atoms with Crippen molar-refractivity contribution in [3.63, 3.8) is 0 Å². The van der Waals surface area contributed by atoms with Crippen LogP contribution in [0.2, 0.25) is 0 Å². The predicted molar refractivity (Wildman–Crippen MR) is 109 cm³/mol. The van der Waals surface area contributed by atoms with Crippen LogP contribution >= 0.6 is 22.7 Å². The Morgan fingerprint density at radius 2 is 2.22 bits per heavy atom. The second kappa shape index (κ2) is 7.62. The standard InChI is InChI=1S/C20H19N3O2S2/c1-13-18(27-20(21-13)15-7-9-26-12-15)19(25)22-16-5-2-4-14(10-16)11-23-8-3-6-17(23)24/h2,4-5,7,9-10,12H,3,6,8,11H2,1H3,(H,22,25). The highest BCUT2D eigenvalue weighted by molar-refractivity contribution is 7.17. The van der Waals surface area contributed by atoms with Crippen molar-refractivity contribution in [2.24, 2.45) is 0 Å². The quantitative estimate of drug-likeness (QED) is 0.687. The zero-order valence-corrected chi connectivity index (χ0v) is 16.5. The number of thiazole rings is 1. The molecule has 2 amide bonds. The summed E-state index contributed by atoms with van der Waals surface area (Å²) in [4.78, 5) is 31.6. The van der Waals surface area contributed by atoms with Crippen LogP contribution in [0.3, 0.4) is 0 Å². The van der Waals surface area contributed by atoms with E-state index in [1.165, 1.54) is 11.3 Å². The maximum absolute atomic E-state index is 12.7. The van der Waals surface area contributed by atoms with E-state index in [2.05, 4.69) is 10.3 Å². The lowest BCUT2D eigenvalue weighted by molar-refractivity contribution is -0.128. The SMILES string of the molecule is Cc1nc(-c2ccsc2)sc1C(=O)Nc1cccc(CN2CCCC2=O)c1. The molecule has 2 aromatic heterocycles. The van der Waals surface area contributed by atoms with Crippen molar-refractivity contribution in [3.8, 4) is 10.6 Å². The molecule has 1 N–H and O–H groups in total. The minimum atomic E-state index is -0.152. The molecule has 4 rings (SSSR count). The number of likely N-dealkylation sites (tertiary alicyclic amines) is 1. The van der Waals surface area contributed by atoms with E-state index in [1.54, 1.807) is 11.3 Å². The number of carbonyl (C=O) groups is 2. The third-order valence-corrected chi connectivity index (χ3v) is 6.39. The molecule has 0 spiro atoms. The lowest BCUT2D eigenvalue weighted by atomic mass is 10.2. The van der Waals surface area contributed by atoms with E-state index in [0.717, 1.165) is 40.5 Å². The molecule has 0 radical (unpaired) electrons. The first kappa shape index (κ1) is 17.9. The van der Waals surface area contributed by atoms with E-state index in [0.29, 0.717) is 17.8 Å². The number of benzene rings is 1. The van der Waals surface area contributed by atoms with Crippen molar-refractivity contribution >= 4 is 40.2 Å². The Morgan fingerprint density at radius 3 is 2.96 bits per heavy atom. The van der Waals surface area contributed by atoms with Crippen LogP contribution in [0.5, 0.6) is 0 Å². The zero-order chi connectivity index (χ0) is 18.8. The van der Waals surface area contributed by atoms with Gasteiger partial charge in [-0.25, -0.2) is 4.98 Å². The Balaban J connectivity index is 1.48. The van der Waals surface area contributed by atoms with Crippen LogP contribution in [0, 0.1) is 6.92 Å². The summed E-state index contributed by atoms with van der Waals surface area (Å²) in [7, 11) is 0. The average Bonchev–Trinajstić information content (AvgIpc) is 3.37. The van der Waals surface area contributed by atoms with E-state index in [9.17, 15) is 9.59 Å². The van der Waals surface area contributed by atoms with Gasteiger partial charge in [0, 0.05) is 36.1 Å². The summed E-state index contributed by atoms with van der Waals surface area (Å²) in [6.07, 6.45) is 1.56. The average molecular weight is 398 g/mol. The Kier molecular flexibility index (Phi) is 5.05. The third-order valence-electron chi connectivity index (χ3n) is 4.50. The molecule has 7 heteroatoms. The second-order valence-corrected chi connectivity index (χ2v) is 8.30. The second-order valence-electron chi connectivity index (χ2n) is 6.52. The van der Waals surface area contributed by atoms with Crippen molar-refractivity contribution in [2.75, 3.05) is 11.9 Å². The summed E-state index contributed by atoms with van der Waals surface area (Å²) in [6, 6.07) is 9.69. The highest BCUT2D eigenvalue weighted by Crippen LogP contribution is 2.30. The number of rotatable bonds is 5. The van der Waals surface area contributed by atoms with Crippen LogP contribution in [0.25, 0.3) is 10.6 Å². The molecule has 138 valence electrons. The molecule has 0 bridgehead atoms. The smallest absolute Gasteiger partial charge is 0.267 e. The van der Waals surface area contributed by atoms with Crippen molar-refractivity contribution in [1.82, 2.24) is 9.88 Å². The number of thiophene rings is 1. The van der Waals surface area contributed by atoms with Crippen LogP contribution in [0.4, 0.5) is 5.69 Å². The summed E-state index contributed by atoms with van der Waals surface area (Å²) in [6.45, 7) is 3.25. The fourth-order valence-electron chi connectivity index (χ4n) is 3.14. The van der Waals surface area contributed by atoms with Gasteiger partial charge in [-0.15, -0.1) is 11.3 Å². The first-order valence-corrected chi connectivity index (χ1v) is 10.5. The third kappa shape index (κ3) is 3.94. The van der Waals surface area contributed by atoms with Gasteiger partial charge in [0.05, 0.1) is 5.69 Å². The number of nitrogens with one attached hydrogen (secondary N) is 1. The Bertz CT molecular complexity index is 979. The van der Waals surface area contributed by atoms with Gasteiger partial charge in [-0.3, -0.25) is 9.59 Å². The van der Waals surface area contributed by atoms with Crippen LogP contribution in [-0.2, 0) is 11.3 Å². The van der Waals surface area contributed by atoms with Gasteiger partial charge in [0.1, 0.15) is 9.88 Å². The van der Waals surface area contributed by atoms with E-state index >= 15 is 0 Å². The van der Waals surface area contributed by atoms with Crippen molar-refractivity contribution in [2.45, 2.75) is 26.3 Å². The van der Waals surface area contributed by atoms with Crippen molar-refractivity contribution in [1.29, 1.82) is 0 Å². The van der Waals surface area contributed by atoms with Crippen LogP contribution in [0.15, 0.2) is 41.1 Å². The summed E-state index contributed by atoms with van der Waals surface area (Å²) < 4.78 is 0. The fraction of sp³-hybridized carbons (Fsp3) is 0.250. The van der Waals surface area contributed by atoms with Crippen molar-refractivity contribution in [3.05, 3.63) is 57.2 Å². The Morgan fingerprint density at radius 1 is 1.33 bits per heavy atom. The van der Waals surface area contributed by atoms with E-state index in [4.69, 9.17) is 0 Å². The van der Waals surface area contributed by atoms with Crippen LogP contribution in [0.1, 0.15) is 33.8 Å². The Labute approximate surface area is 165 Å². The number of carbonyl (C=O) groups excluding carboxylic acids is 2. The number of aromatic nitrogens is 1. The van der Waals surface area contributed by atoms with Crippen LogP contribution < -0.4 is 5.32 Å². The maximum atomic E-state index is 12.7. The first-order chi connectivity index (χ1) is 13.1. The lowest BCUT2D eigenvalue weighted by Gasteiger charge is -2.16. The normalized spacial score (nSPS) is 14.0. The van der Waals surface area contributed by atoms with Crippen molar-refractivity contribution < 1.29 is 9.59 Å². The molecular formula is C20H19N3O2S2. The van der Waals surface area contributed by atoms with Gasteiger partial charge >= 0.3 is 0 Å². The molecule has 27 heavy (non-hydrogen) atoms. The Hall–Kier alpha value is -2.51. The summed E-state index contributed by atoms with van der Waals surface area (Å²) >= 11 is 3.02. The van der Waals surface area contributed by atoms with Gasteiger partial charge in [-0.2, -0.15) is 11.3 Å². The van der Waals surface area contributed by atoms with E-state index < -0.39 is 0 Å². The summed E-state index contributed by atoms with van der Waals surface area (Å²) in [5.74, 6) is 0.0477. The molecule has 1 aliphatic rings. The number of hydrogen-bond donors (Lipinski definition) is 1. The minimum absolute atomic E-state index is 0.152. The van der Waals surface area contributed by atoms with Gasteiger partial charge in [-0.05, 0) is 42.5 Å². The molecule has 0 unspecified atom stereocenters. The monoisotopic (exact) mass is 397 g/mol. The topological polar surface area (TPSA) is 62.3 Å². The molecule has 1 fully saturated rings. The molecule has 1 aliphatic heterocycles. The summed E-state index contributed by atoms with van der Waals surface area (Å²) in [5.41, 5.74) is 3.53. The molecule has 0 aliphatic carbocycles. The number of amides is 2. The van der Waals surface area contributed by atoms with Gasteiger partial charge < -0.3 is 10.2 Å². The van der Waals surface area contributed by atoms with Gasteiger partial charge in [0.15, 0.2) is 0 Å². The lowest BCUT2D eigenvalue weighted by Crippen LogP contribution is -2.23. The molecule has 0 saturated carbocycles. The summed E-state index contributed by atoms with van der Waals surface area (Å²) in [5, 5.41) is 7.86. The largest absolute Gasteiger partial charge is 0.338 e. The molecule has 3 heterocycles. The minimum Gasteiger partial charge on any atom is -0.338 e. The van der Waals surface area contributed by atoms with E-state index in [-0.39, 0.29) is 11.8 Å². The van der Waals surface area contributed by atoms with Gasteiger partial charge in [0.25, 0.3) is 5.91 Å². The van der Waals surface area contributed by atoms with E-state index in [1.807, 2.05) is 52.9 Å². The molecular weight excluding hydrogens is 378 g/mol. The number of aryl methyl sites for hydroxylation is 1. The number of hydrogen-bond acceptors (Lipinski definition) is 5. The first-order valence-electron chi connectivity index (χ1n) is 8.78. The molecule has 5 nitrogen and oxygen atoms in total. The molecule has 3 aromatic rings. The zero-order valence-electron chi connectivity index (χ0n) is 14.9. The van der Waals surface area contributed by atoms with Crippen LogP contribution in [-0.4, -0.2) is 28.2 Å². The fourth-order valence-corrected chi connectivity index (χ4v) is 4.82. The molecule has 1 aromatic carbocycles.